The average Bonchev–Trinajstić information content (AvgIpc) is 2.50. The van der Waals surface area contributed by atoms with Crippen LogP contribution in [0.15, 0.2) is 12.3 Å². The van der Waals surface area contributed by atoms with E-state index in [0.717, 1.165) is 29.7 Å². The van der Waals surface area contributed by atoms with E-state index >= 15 is 0 Å². The second-order valence-electron chi connectivity index (χ2n) is 5.04. The Morgan fingerprint density at radius 3 is 2.65 bits per heavy atom. The first kappa shape index (κ1) is 16.8. The Morgan fingerprint density at radius 1 is 1.25 bits per heavy atom. The van der Waals surface area contributed by atoms with Gasteiger partial charge in [-0.3, -0.25) is 4.98 Å². The summed E-state index contributed by atoms with van der Waals surface area (Å²) < 4.78 is 10.7. The van der Waals surface area contributed by atoms with Crippen LogP contribution in [0.1, 0.15) is 45.2 Å². The van der Waals surface area contributed by atoms with Crippen LogP contribution in [0.3, 0.4) is 0 Å². The number of nitrogens with zero attached hydrogens (tertiary/aromatic N) is 1. The number of aromatic nitrogens is 1. The highest BCUT2D eigenvalue weighted by Crippen LogP contribution is 2.28. The summed E-state index contributed by atoms with van der Waals surface area (Å²) in [5, 5.41) is 3.49. The molecule has 1 aromatic heterocycles. The predicted molar refractivity (Wildman–Crippen MR) is 82.4 cm³/mol. The molecule has 0 aliphatic carbocycles. The Kier molecular flexibility index (Phi) is 8.04. The molecule has 1 aromatic rings. The van der Waals surface area contributed by atoms with Gasteiger partial charge in [0.15, 0.2) is 11.5 Å². The Bertz CT molecular complexity index is 383. The molecule has 1 heterocycles. The Morgan fingerprint density at radius 2 is 2.05 bits per heavy atom. The van der Waals surface area contributed by atoms with Crippen LogP contribution in [-0.4, -0.2) is 25.7 Å². The summed E-state index contributed by atoms with van der Waals surface area (Å²) >= 11 is 0. The lowest BCUT2D eigenvalue weighted by Crippen LogP contribution is -2.23. The largest absolute Gasteiger partial charge is 0.493 e. The fraction of sp³-hybridized carbons (Fsp3) is 0.688. The van der Waals surface area contributed by atoms with Crippen LogP contribution in [-0.2, 0) is 6.54 Å². The van der Waals surface area contributed by atoms with Gasteiger partial charge in [-0.1, -0.05) is 33.1 Å². The first-order valence-electron chi connectivity index (χ1n) is 7.53. The fourth-order valence-corrected chi connectivity index (χ4v) is 2.31. The first-order valence-corrected chi connectivity index (χ1v) is 7.53. The minimum absolute atomic E-state index is 0.711. The van der Waals surface area contributed by atoms with Gasteiger partial charge in [-0.25, -0.2) is 0 Å². The van der Waals surface area contributed by atoms with Gasteiger partial charge in [0.25, 0.3) is 0 Å². The van der Waals surface area contributed by atoms with Crippen LogP contribution >= 0.6 is 0 Å². The number of rotatable bonds is 10. The second-order valence-corrected chi connectivity index (χ2v) is 5.04. The molecule has 0 radical (unpaired) electrons. The third-order valence-corrected chi connectivity index (χ3v) is 3.63. The molecule has 4 heteroatoms. The molecule has 114 valence electrons. The molecule has 20 heavy (non-hydrogen) atoms. The van der Waals surface area contributed by atoms with Crippen LogP contribution in [0, 0.1) is 5.92 Å². The average molecular weight is 280 g/mol. The van der Waals surface area contributed by atoms with E-state index in [2.05, 4.69) is 24.1 Å². The molecule has 0 saturated carbocycles. The second kappa shape index (κ2) is 9.59. The molecule has 0 fully saturated rings. The van der Waals surface area contributed by atoms with E-state index in [1.54, 1.807) is 20.4 Å². The third kappa shape index (κ3) is 5.00. The van der Waals surface area contributed by atoms with Crippen LogP contribution in [0.5, 0.6) is 11.5 Å². The van der Waals surface area contributed by atoms with Crippen LogP contribution < -0.4 is 14.8 Å². The Hall–Kier alpha value is -1.29. The van der Waals surface area contributed by atoms with Crippen molar-refractivity contribution in [3.63, 3.8) is 0 Å². The molecule has 0 spiro atoms. The molecule has 0 saturated heterocycles. The highest BCUT2D eigenvalue weighted by Gasteiger charge is 2.11. The normalized spacial score (nSPS) is 12.2. The van der Waals surface area contributed by atoms with Gasteiger partial charge in [0.2, 0.25) is 0 Å². The summed E-state index contributed by atoms with van der Waals surface area (Å²) in [5.41, 5.74) is 0.900. The van der Waals surface area contributed by atoms with Gasteiger partial charge in [-0.2, -0.15) is 0 Å². The minimum atomic E-state index is 0.711. The van der Waals surface area contributed by atoms with Crippen molar-refractivity contribution in [3.05, 3.63) is 18.0 Å². The summed E-state index contributed by atoms with van der Waals surface area (Å²) in [6, 6.07) is 1.82. The van der Waals surface area contributed by atoms with Gasteiger partial charge in [-0.05, 0) is 18.9 Å². The maximum Gasteiger partial charge on any atom is 0.183 e. The van der Waals surface area contributed by atoms with Crippen LogP contribution in [0.2, 0.25) is 0 Å². The molecule has 1 atom stereocenters. The van der Waals surface area contributed by atoms with Crippen molar-refractivity contribution in [3.8, 4) is 11.5 Å². The molecule has 0 aromatic carbocycles. The quantitative estimate of drug-likeness (QED) is 0.713. The topological polar surface area (TPSA) is 43.4 Å². The molecular formula is C16H28N2O2. The van der Waals surface area contributed by atoms with E-state index in [1.807, 2.05) is 6.07 Å². The molecular weight excluding hydrogens is 252 g/mol. The molecule has 1 N–H and O–H groups in total. The van der Waals surface area contributed by atoms with E-state index in [-0.39, 0.29) is 0 Å². The van der Waals surface area contributed by atoms with Crippen molar-refractivity contribution in [2.45, 2.75) is 46.1 Å². The first-order chi connectivity index (χ1) is 9.76. The van der Waals surface area contributed by atoms with Crippen molar-refractivity contribution in [1.82, 2.24) is 10.3 Å². The molecule has 0 amide bonds. The molecule has 0 bridgehead atoms. The van der Waals surface area contributed by atoms with Gasteiger partial charge in [-0.15, -0.1) is 0 Å². The molecule has 1 unspecified atom stereocenters. The maximum absolute atomic E-state index is 5.39. The van der Waals surface area contributed by atoms with Gasteiger partial charge in [0.1, 0.15) is 0 Å². The Labute approximate surface area is 122 Å². The molecule has 4 nitrogen and oxygen atoms in total. The lowest BCUT2D eigenvalue weighted by Gasteiger charge is -2.16. The van der Waals surface area contributed by atoms with E-state index < -0.39 is 0 Å². The maximum atomic E-state index is 5.39. The number of unbranched alkanes of at least 4 members (excludes halogenated alkanes) is 1. The van der Waals surface area contributed by atoms with Crippen molar-refractivity contribution in [2.24, 2.45) is 5.92 Å². The fourth-order valence-electron chi connectivity index (χ4n) is 2.31. The lowest BCUT2D eigenvalue weighted by molar-refractivity contribution is 0.346. The van der Waals surface area contributed by atoms with Crippen molar-refractivity contribution in [2.75, 3.05) is 20.8 Å². The molecule has 0 aliphatic rings. The monoisotopic (exact) mass is 280 g/mol. The number of nitrogens with one attached hydrogen (secondary N) is 1. The minimum Gasteiger partial charge on any atom is -0.493 e. The summed E-state index contributed by atoms with van der Waals surface area (Å²) in [7, 11) is 3.30. The summed E-state index contributed by atoms with van der Waals surface area (Å²) in [6.07, 6.45) is 6.84. The van der Waals surface area contributed by atoms with Gasteiger partial charge in [0.05, 0.1) is 19.9 Å². The zero-order valence-corrected chi connectivity index (χ0v) is 13.2. The van der Waals surface area contributed by atoms with E-state index in [1.165, 1.54) is 25.7 Å². The van der Waals surface area contributed by atoms with Gasteiger partial charge >= 0.3 is 0 Å². The van der Waals surface area contributed by atoms with E-state index in [0.29, 0.717) is 6.54 Å². The number of methoxy groups -OCH3 is 2. The lowest BCUT2D eigenvalue weighted by atomic mass is 9.99. The van der Waals surface area contributed by atoms with Crippen molar-refractivity contribution in [1.29, 1.82) is 0 Å². The molecule has 0 aliphatic heterocycles. The number of pyridine rings is 1. The highest BCUT2D eigenvalue weighted by atomic mass is 16.5. The predicted octanol–water partition coefficient (Wildman–Crippen LogP) is 3.40. The van der Waals surface area contributed by atoms with E-state index in [9.17, 15) is 0 Å². The SMILES string of the molecule is CCCCC(CC)CNCc1nccc(OC)c1OC. The number of ether oxygens (including phenoxy) is 2. The smallest absolute Gasteiger partial charge is 0.183 e. The van der Waals surface area contributed by atoms with Gasteiger partial charge in [0, 0.05) is 18.8 Å². The number of hydrogen-bond acceptors (Lipinski definition) is 4. The molecule has 1 rings (SSSR count). The zero-order chi connectivity index (χ0) is 14.8. The highest BCUT2D eigenvalue weighted by molar-refractivity contribution is 5.42. The summed E-state index contributed by atoms with van der Waals surface area (Å²) in [5.74, 6) is 2.20. The van der Waals surface area contributed by atoms with Crippen molar-refractivity contribution >= 4 is 0 Å². The van der Waals surface area contributed by atoms with Crippen LogP contribution in [0.25, 0.3) is 0 Å². The summed E-state index contributed by atoms with van der Waals surface area (Å²) in [6.45, 7) is 6.24. The standard InChI is InChI=1S/C16H28N2O2/c1-5-7-8-13(6-2)11-17-12-14-16(20-4)15(19-3)9-10-18-14/h9-10,13,17H,5-8,11-12H2,1-4H3. The zero-order valence-electron chi connectivity index (χ0n) is 13.2. The van der Waals surface area contributed by atoms with Crippen LogP contribution in [0.4, 0.5) is 0 Å². The summed E-state index contributed by atoms with van der Waals surface area (Å²) in [4.78, 5) is 4.38. The van der Waals surface area contributed by atoms with Crippen molar-refractivity contribution < 1.29 is 9.47 Å². The third-order valence-electron chi connectivity index (χ3n) is 3.63. The number of hydrogen-bond donors (Lipinski definition) is 1. The van der Waals surface area contributed by atoms with E-state index in [4.69, 9.17) is 9.47 Å². The Balaban J connectivity index is 2.52. The van der Waals surface area contributed by atoms with Gasteiger partial charge < -0.3 is 14.8 Å².